The van der Waals surface area contributed by atoms with Crippen LogP contribution in [0.4, 0.5) is 5.69 Å². The summed E-state index contributed by atoms with van der Waals surface area (Å²) < 4.78 is 0.790. The van der Waals surface area contributed by atoms with Crippen LogP contribution < -0.4 is 5.32 Å². The van der Waals surface area contributed by atoms with Crippen molar-refractivity contribution in [1.82, 2.24) is 0 Å². The molecule has 0 aliphatic rings. The van der Waals surface area contributed by atoms with Crippen LogP contribution >= 0.6 is 27.5 Å². The Morgan fingerprint density at radius 3 is 2.75 bits per heavy atom. The Balaban J connectivity index is 2.13. The van der Waals surface area contributed by atoms with Crippen molar-refractivity contribution in [3.8, 4) is 6.07 Å². The lowest BCUT2D eigenvalue weighted by Gasteiger charge is -2.08. The van der Waals surface area contributed by atoms with E-state index in [4.69, 9.17) is 16.9 Å². The Morgan fingerprint density at radius 2 is 2.05 bits per heavy atom. The molecule has 2 aromatic rings. The summed E-state index contributed by atoms with van der Waals surface area (Å²) in [5, 5.41) is 12.3. The number of anilines is 1. The van der Waals surface area contributed by atoms with Crippen LogP contribution in [0.5, 0.6) is 0 Å². The van der Waals surface area contributed by atoms with Gasteiger partial charge in [0.1, 0.15) is 6.07 Å². The van der Waals surface area contributed by atoms with Crippen molar-refractivity contribution >= 4 is 39.1 Å². The molecule has 0 fully saturated rings. The molecule has 2 aromatic carbocycles. The van der Waals surface area contributed by atoms with Gasteiger partial charge in [-0.3, -0.25) is 4.79 Å². The van der Waals surface area contributed by atoms with Gasteiger partial charge >= 0.3 is 0 Å². The largest absolute Gasteiger partial charge is 0.325 e. The molecule has 20 heavy (non-hydrogen) atoms. The van der Waals surface area contributed by atoms with E-state index in [2.05, 4.69) is 21.2 Å². The number of nitrogens with zero attached hydrogens (tertiary/aromatic N) is 1. The monoisotopic (exact) mass is 348 g/mol. The molecule has 0 radical (unpaired) electrons. The number of nitrogens with one attached hydrogen (secondary N) is 1. The van der Waals surface area contributed by atoms with Crippen LogP contribution in [0.1, 0.15) is 11.1 Å². The molecule has 0 bridgehead atoms. The summed E-state index contributed by atoms with van der Waals surface area (Å²) in [5.74, 6) is -0.211. The summed E-state index contributed by atoms with van der Waals surface area (Å²) >= 11 is 9.30. The molecule has 0 atom stereocenters. The molecular formula is C15H10BrClN2O. The number of hydrogen-bond donors (Lipinski definition) is 1. The molecule has 0 saturated carbocycles. The van der Waals surface area contributed by atoms with Crippen molar-refractivity contribution in [2.45, 2.75) is 6.42 Å². The van der Waals surface area contributed by atoms with Gasteiger partial charge in [0.25, 0.3) is 0 Å². The smallest absolute Gasteiger partial charge is 0.228 e. The quantitative estimate of drug-likeness (QED) is 0.905. The number of amides is 1. The van der Waals surface area contributed by atoms with Crippen molar-refractivity contribution in [2.75, 3.05) is 5.32 Å². The summed E-state index contributed by atoms with van der Waals surface area (Å²) in [6.45, 7) is 0. The number of carbonyl (C=O) groups is 1. The minimum Gasteiger partial charge on any atom is -0.325 e. The van der Waals surface area contributed by atoms with Crippen LogP contribution in [-0.2, 0) is 11.2 Å². The second kappa shape index (κ2) is 6.56. The zero-order valence-electron chi connectivity index (χ0n) is 10.4. The molecule has 1 N–H and O–H groups in total. The molecule has 0 saturated heterocycles. The maximum Gasteiger partial charge on any atom is 0.228 e. The van der Waals surface area contributed by atoms with Crippen LogP contribution in [0.25, 0.3) is 0 Å². The molecule has 1 amide bonds. The second-order valence-corrected chi connectivity index (χ2v) is 5.44. The van der Waals surface area contributed by atoms with Crippen LogP contribution in [0, 0.1) is 11.3 Å². The summed E-state index contributed by atoms with van der Waals surface area (Å²) in [6.07, 6.45) is 0.167. The number of rotatable bonds is 3. The fourth-order valence-electron chi connectivity index (χ4n) is 1.73. The fourth-order valence-corrected chi connectivity index (χ4v) is 2.29. The zero-order valence-corrected chi connectivity index (χ0v) is 12.7. The number of halogens is 2. The van der Waals surface area contributed by atoms with E-state index in [0.717, 1.165) is 10.0 Å². The maximum absolute atomic E-state index is 12.0. The van der Waals surface area contributed by atoms with Gasteiger partial charge in [0.2, 0.25) is 5.91 Å². The highest BCUT2D eigenvalue weighted by molar-refractivity contribution is 9.10. The number of benzene rings is 2. The van der Waals surface area contributed by atoms with Gasteiger partial charge < -0.3 is 5.32 Å². The first-order valence-corrected chi connectivity index (χ1v) is 7.00. The van der Waals surface area contributed by atoms with Gasteiger partial charge in [0.15, 0.2) is 0 Å². The highest BCUT2D eigenvalue weighted by Crippen LogP contribution is 2.21. The van der Waals surface area contributed by atoms with Crippen LogP contribution in [-0.4, -0.2) is 5.91 Å². The van der Waals surface area contributed by atoms with Crippen molar-refractivity contribution < 1.29 is 4.79 Å². The van der Waals surface area contributed by atoms with E-state index >= 15 is 0 Å². The lowest BCUT2D eigenvalue weighted by molar-refractivity contribution is -0.115. The molecule has 100 valence electrons. The van der Waals surface area contributed by atoms with Gasteiger partial charge in [-0.05, 0) is 29.8 Å². The molecule has 0 spiro atoms. The van der Waals surface area contributed by atoms with E-state index in [1.807, 2.05) is 18.2 Å². The first-order chi connectivity index (χ1) is 9.60. The van der Waals surface area contributed by atoms with Crippen LogP contribution in [0.15, 0.2) is 46.9 Å². The normalized spacial score (nSPS) is 9.85. The van der Waals surface area contributed by atoms with Gasteiger partial charge in [-0.2, -0.15) is 5.26 Å². The van der Waals surface area contributed by atoms with Crippen molar-refractivity contribution in [3.63, 3.8) is 0 Å². The standard InChI is InChI=1S/C15H10BrClN2O/c16-12-5-6-14(11(7-12)9-18)19-15(20)8-10-3-1-2-4-13(10)17/h1-7H,8H2,(H,19,20). The van der Waals surface area contributed by atoms with Gasteiger partial charge in [0.05, 0.1) is 17.7 Å². The number of carbonyl (C=O) groups excluding carboxylic acids is 1. The minimum absolute atomic E-state index is 0.167. The second-order valence-electron chi connectivity index (χ2n) is 4.12. The topological polar surface area (TPSA) is 52.9 Å². The van der Waals surface area contributed by atoms with E-state index in [0.29, 0.717) is 16.3 Å². The van der Waals surface area contributed by atoms with E-state index in [-0.39, 0.29) is 12.3 Å². The molecule has 0 aliphatic carbocycles. The summed E-state index contributed by atoms with van der Waals surface area (Å²) in [6, 6.07) is 14.3. The fraction of sp³-hybridized carbons (Fsp3) is 0.0667. The Labute approximate surface area is 130 Å². The van der Waals surface area contributed by atoms with Crippen molar-refractivity contribution in [1.29, 1.82) is 5.26 Å². The number of hydrogen-bond acceptors (Lipinski definition) is 2. The highest BCUT2D eigenvalue weighted by Gasteiger charge is 2.09. The average Bonchev–Trinajstić information content (AvgIpc) is 2.43. The van der Waals surface area contributed by atoms with E-state index in [1.165, 1.54) is 0 Å². The van der Waals surface area contributed by atoms with Crippen LogP contribution in [0.3, 0.4) is 0 Å². The molecule has 3 nitrogen and oxygen atoms in total. The third-order valence-electron chi connectivity index (χ3n) is 2.69. The lowest BCUT2D eigenvalue weighted by atomic mass is 10.1. The third kappa shape index (κ3) is 3.60. The highest BCUT2D eigenvalue weighted by atomic mass is 79.9. The first-order valence-electron chi connectivity index (χ1n) is 5.83. The van der Waals surface area contributed by atoms with E-state index in [1.54, 1.807) is 30.3 Å². The molecule has 0 heterocycles. The predicted octanol–water partition coefficient (Wildman–Crippen LogP) is 4.16. The van der Waals surface area contributed by atoms with Gasteiger partial charge in [-0.25, -0.2) is 0 Å². The Bertz CT molecular complexity index is 695. The van der Waals surface area contributed by atoms with Crippen LogP contribution in [0.2, 0.25) is 5.02 Å². The Morgan fingerprint density at radius 1 is 1.30 bits per heavy atom. The lowest BCUT2D eigenvalue weighted by Crippen LogP contribution is -2.15. The minimum atomic E-state index is -0.211. The Hall–Kier alpha value is -1.83. The first kappa shape index (κ1) is 14.6. The maximum atomic E-state index is 12.0. The molecule has 5 heteroatoms. The average molecular weight is 350 g/mol. The number of nitriles is 1. The molecule has 0 aliphatic heterocycles. The molecule has 0 aromatic heterocycles. The molecule has 0 unspecified atom stereocenters. The third-order valence-corrected chi connectivity index (χ3v) is 3.55. The SMILES string of the molecule is N#Cc1cc(Br)ccc1NC(=O)Cc1ccccc1Cl. The van der Waals surface area contributed by atoms with Gasteiger partial charge in [-0.15, -0.1) is 0 Å². The van der Waals surface area contributed by atoms with Gasteiger partial charge in [0, 0.05) is 9.50 Å². The molecular weight excluding hydrogens is 340 g/mol. The van der Waals surface area contributed by atoms with E-state index < -0.39 is 0 Å². The van der Waals surface area contributed by atoms with Crippen molar-refractivity contribution in [2.24, 2.45) is 0 Å². The van der Waals surface area contributed by atoms with E-state index in [9.17, 15) is 4.79 Å². The zero-order chi connectivity index (χ0) is 14.5. The predicted molar refractivity (Wildman–Crippen MR) is 82.6 cm³/mol. The summed E-state index contributed by atoms with van der Waals surface area (Å²) in [4.78, 5) is 12.0. The molecule has 2 rings (SSSR count). The van der Waals surface area contributed by atoms with Gasteiger partial charge in [-0.1, -0.05) is 45.7 Å². The Kier molecular flexibility index (Phi) is 4.78. The summed E-state index contributed by atoms with van der Waals surface area (Å²) in [5.41, 5.74) is 1.65. The summed E-state index contributed by atoms with van der Waals surface area (Å²) in [7, 11) is 0. The van der Waals surface area contributed by atoms with Crippen molar-refractivity contribution in [3.05, 3.63) is 63.1 Å².